The van der Waals surface area contributed by atoms with E-state index >= 15 is 0 Å². The molecule has 3 aliphatic rings. The first kappa shape index (κ1) is 30.0. The fourth-order valence-corrected chi connectivity index (χ4v) is 6.86. The van der Waals surface area contributed by atoms with E-state index in [2.05, 4.69) is 22.2 Å². The summed E-state index contributed by atoms with van der Waals surface area (Å²) in [6.45, 7) is 3.63. The molecule has 3 heterocycles. The molecule has 8 nitrogen and oxygen atoms in total. The quantitative estimate of drug-likeness (QED) is 0.233. The van der Waals surface area contributed by atoms with Crippen LogP contribution in [0.2, 0.25) is 0 Å². The summed E-state index contributed by atoms with van der Waals surface area (Å²) in [4.78, 5) is 30.5. The van der Waals surface area contributed by atoms with Gasteiger partial charge in [0.1, 0.15) is 17.4 Å². The number of nitrogens with zero attached hydrogens (tertiary/aromatic N) is 4. The molecule has 1 atom stereocenters. The van der Waals surface area contributed by atoms with Crippen LogP contribution in [0.15, 0.2) is 60.8 Å². The lowest BCUT2D eigenvalue weighted by Crippen LogP contribution is -2.38. The Bertz CT molecular complexity index is 1820. The lowest BCUT2D eigenvalue weighted by Gasteiger charge is -2.32. The summed E-state index contributed by atoms with van der Waals surface area (Å²) in [5.41, 5.74) is 3.13. The highest BCUT2D eigenvalue weighted by Gasteiger charge is 2.41. The molecule has 1 saturated heterocycles. The number of ether oxygens (including phenoxy) is 1. The Morgan fingerprint density at radius 1 is 0.978 bits per heavy atom. The van der Waals surface area contributed by atoms with E-state index in [9.17, 15) is 27.9 Å². The molecule has 238 valence electrons. The van der Waals surface area contributed by atoms with Crippen molar-refractivity contribution in [3.05, 3.63) is 94.3 Å². The molecule has 1 saturated carbocycles. The van der Waals surface area contributed by atoms with Gasteiger partial charge in [-0.2, -0.15) is 18.3 Å². The van der Waals surface area contributed by atoms with Crippen LogP contribution < -0.4 is 4.74 Å². The fourth-order valence-electron chi connectivity index (χ4n) is 6.86. The Labute approximate surface area is 263 Å². The fraction of sp³-hybridized carbons (Fsp3) is 0.371. The maximum Gasteiger partial charge on any atom is 0.434 e. The average Bonchev–Trinajstić information content (AvgIpc) is 3.65. The van der Waals surface area contributed by atoms with Crippen LogP contribution in [0.4, 0.5) is 13.2 Å². The van der Waals surface area contributed by atoms with E-state index in [4.69, 9.17) is 4.74 Å². The molecular weight excluding hydrogens is 597 g/mol. The van der Waals surface area contributed by atoms with Gasteiger partial charge in [0, 0.05) is 30.1 Å². The van der Waals surface area contributed by atoms with Gasteiger partial charge in [0.25, 0.3) is 0 Å². The zero-order valence-corrected chi connectivity index (χ0v) is 25.3. The second-order valence-electron chi connectivity index (χ2n) is 12.4. The number of likely N-dealkylation sites (tertiary alicyclic amines) is 1. The van der Waals surface area contributed by atoms with E-state index in [-0.39, 0.29) is 17.8 Å². The largest absolute Gasteiger partial charge is 0.485 e. The van der Waals surface area contributed by atoms with E-state index in [1.165, 1.54) is 11.6 Å². The summed E-state index contributed by atoms with van der Waals surface area (Å²) < 4.78 is 48.9. The number of alkyl halides is 3. The summed E-state index contributed by atoms with van der Waals surface area (Å²) in [5, 5.41) is 13.1. The summed E-state index contributed by atoms with van der Waals surface area (Å²) in [6, 6.07) is 16.8. The smallest absolute Gasteiger partial charge is 0.434 e. The Balaban J connectivity index is 1.13. The highest BCUT2D eigenvalue weighted by Crippen LogP contribution is 2.43. The third-order valence-electron chi connectivity index (χ3n) is 9.36. The van der Waals surface area contributed by atoms with Crippen LogP contribution in [0.25, 0.3) is 17.1 Å². The molecule has 1 N–H and O–H groups in total. The van der Waals surface area contributed by atoms with Crippen LogP contribution in [0.3, 0.4) is 0 Å². The maximum absolute atomic E-state index is 13.9. The number of carboxylic acids is 1. The first-order chi connectivity index (χ1) is 22.1. The third kappa shape index (κ3) is 5.63. The van der Waals surface area contributed by atoms with Crippen molar-refractivity contribution < 1.29 is 32.6 Å². The number of piperidine rings is 1. The number of amides is 1. The van der Waals surface area contributed by atoms with Gasteiger partial charge < -0.3 is 14.7 Å². The molecular formula is C35H33F3N4O4. The lowest BCUT2D eigenvalue weighted by molar-refractivity contribution is -0.143. The maximum atomic E-state index is 13.9. The zero-order valence-electron chi connectivity index (χ0n) is 25.3. The normalized spacial score (nSPS) is 18.4. The minimum Gasteiger partial charge on any atom is -0.485 e. The van der Waals surface area contributed by atoms with Crippen molar-refractivity contribution in [2.24, 2.45) is 5.92 Å². The van der Waals surface area contributed by atoms with Crippen LogP contribution >= 0.6 is 0 Å². The minimum absolute atomic E-state index is 0.139. The Morgan fingerprint density at radius 3 is 2.43 bits per heavy atom. The molecule has 0 bridgehead atoms. The number of pyridine rings is 1. The van der Waals surface area contributed by atoms with Crippen molar-refractivity contribution in [1.82, 2.24) is 19.7 Å². The molecule has 0 spiro atoms. The van der Waals surface area contributed by atoms with Gasteiger partial charge >= 0.3 is 12.1 Å². The number of fused-ring (bicyclic) bond motifs is 1. The predicted octanol–water partition coefficient (Wildman–Crippen LogP) is 7.14. The van der Waals surface area contributed by atoms with Crippen LogP contribution in [-0.4, -0.2) is 49.7 Å². The van der Waals surface area contributed by atoms with Crippen molar-refractivity contribution in [2.45, 2.75) is 63.6 Å². The van der Waals surface area contributed by atoms with Gasteiger partial charge in [0.05, 0.1) is 11.9 Å². The number of halogens is 3. The molecule has 1 aliphatic heterocycles. The number of aromatic nitrogens is 3. The van der Waals surface area contributed by atoms with Gasteiger partial charge in [-0.3, -0.25) is 4.79 Å². The standard InChI is InChI=1S/C35H33F3N4O4/c1-20-18-24(21-14-16-41(17-15-21)33(43)23-8-9-23)11-12-28(20)46-29-13-10-22-4-2-5-25(31(22)29)27-6-3-7-30(40-27)42-32(35(36,37)38)26(19-39-42)34(44)45/h2-7,11-12,18-19,21,23,29H,8-10,13-17H2,1H3,(H,44,45). The number of benzene rings is 2. The van der Waals surface area contributed by atoms with E-state index in [1.54, 1.807) is 12.1 Å². The second kappa shape index (κ2) is 11.6. The third-order valence-corrected chi connectivity index (χ3v) is 9.36. The molecule has 1 unspecified atom stereocenters. The molecule has 7 rings (SSSR count). The average molecular weight is 631 g/mol. The van der Waals surface area contributed by atoms with Crippen molar-refractivity contribution in [1.29, 1.82) is 0 Å². The summed E-state index contributed by atoms with van der Waals surface area (Å²) >= 11 is 0. The first-order valence-corrected chi connectivity index (χ1v) is 15.6. The molecule has 4 aromatic rings. The highest BCUT2D eigenvalue weighted by atomic mass is 19.4. The summed E-state index contributed by atoms with van der Waals surface area (Å²) in [5.74, 6) is -0.123. The van der Waals surface area contributed by atoms with Crippen molar-refractivity contribution >= 4 is 11.9 Å². The SMILES string of the molecule is Cc1cc(C2CCN(C(=O)C3CC3)CC2)ccc1OC1CCc2cccc(-c3cccc(-n4ncc(C(=O)O)c4C(F)(F)F)n3)c21. The molecule has 0 radical (unpaired) electrons. The number of rotatable bonds is 7. The minimum atomic E-state index is -4.95. The lowest BCUT2D eigenvalue weighted by atomic mass is 9.88. The van der Waals surface area contributed by atoms with Gasteiger partial charge in [0.15, 0.2) is 11.5 Å². The molecule has 2 fully saturated rings. The molecule has 1 amide bonds. The van der Waals surface area contributed by atoms with Crippen LogP contribution in [0.1, 0.15) is 82.4 Å². The number of carbonyl (C=O) groups is 2. The van der Waals surface area contributed by atoms with E-state index in [1.807, 2.05) is 36.1 Å². The zero-order chi connectivity index (χ0) is 32.2. The number of aryl methyl sites for hydroxylation is 2. The predicted molar refractivity (Wildman–Crippen MR) is 163 cm³/mol. The number of hydrogen-bond donors (Lipinski definition) is 1. The summed E-state index contributed by atoms with van der Waals surface area (Å²) in [7, 11) is 0. The topological polar surface area (TPSA) is 97.6 Å². The van der Waals surface area contributed by atoms with Crippen LogP contribution in [0.5, 0.6) is 5.75 Å². The van der Waals surface area contributed by atoms with Crippen LogP contribution in [-0.2, 0) is 17.4 Å². The molecule has 11 heteroatoms. The Morgan fingerprint density at radius 2 is 1.74 bits per heavy atom. The molecule has 2 aliphatic carbocycles. The Hall–Kier alpha value is -4.67. The second-order valence-corrected chi connectivity index (χ2v) is 12.4. The van der Waals surface area contributed by atoms with Crippen molar-refractivity contribution in [3.8, 4) is 22.8 Å². The molecule has 2 aromatic heterocycles. The van der Waals surface area contributed by atoms with E-state index in [0.717, 1.165) is 79.6 Å². The monoisotopic (exact) mass is 630 g/mol. The van der Waals surface area contributed by atoms with Gasteiger partial charge in [0.2, 0.25) is 5.91 Å². The first-order valence-electron chi connectivity index (χ1n) is 15.6. The van der Waals surface area contributed by atoms with Gasteiger partial charge in [-0.05, 0) is 86.3 Å². The van der Waals surface area contributed by atoms with Gasteiger partial charge in [-0.15, -0.1) is 0 Å². The van der Waals surface area contributed by atoms with Crippen molar-refractivity contribution in [3.63, 3.8) is 0 Å². The Kier molecular flexibility index (Phi) is 7.57. The van der Waals surface area contributed by atoms with E-state index in [0.29, 0.717) is 28.4 Å². The van der Waals surface area contributed by atoms with Crippen LogP contribution in [0, 0.1) is 12.8 Å². The van der Waals surface area contributed by atoms with E-state index < -0.39 is 23.4 Å². The number of aromatic carboxylic acids is 1. The number of hydrogen-bond acceptors (Lipinski definition) is 5. The molecule has 2 aromatic carbocycles. The van der Waals surface area contributed by atoms with Gasteiger partial charge in [-0.1, -0.05) is 36.4 Å². The number of carbonyl (C=O) groups excluding carboxylic acids is 1. The highest BCUT2D eigenvalue weighted by molar-refractivity contribution is 5.89. The summed E-state index contributed by atoms with van der Waals surface area (Å²) in [6.07, 6.45) is 0.922. The van der Waals surface area contributed by atoms with Gasteiger partial charge in [-0.25, -0.2) is 14.5 Å². The van der Waals surface area contributed by atoms with Crippen molar-refractivity contribution in [2.75, 3.05) is 13.1 Å². The molecule has 46 heavy (non-hydrogen) atoms. The number of carboxylic acid groups (broad SMARTS) is 1.